The molecule has 5 heteroatoms. The van der Waals surface area contributed by atoms with Crippen molar-refractivity contribution in [3.8, 4) is 0 Å². The van der Waals surface area contributed by atoms with Crippen LogP contribution in [0.4, 0.5) is 5.69 Å². The summed E-state index contributed by atoms with van der Waals surface area (Å²) in [7, 11) is 1.85. The third-order valence-corrected chi connectivity index (χ3v) is 7.10. The summed E-state index contributed by atoms with van der Waals surface area (Å²) >= 11 is 12.8. The maximum atomic E-state index is 13.5. The van der Waals surface area contributed by atoms with E-state index < -0.39 is 0 Å². The molecule has 0 spiro atoms. The maximum absolute atomic E-state index is 13.5. The van der Waals surface area contributed by atoms with Gasteiger partial charge in [0.05, 0.1) is 17.3 Å². The first kappa shape index (κ1) is 21.1. The molecule has 3 aromatic rings. The maximum Gasteiger partial charge on any atom is 0.256 e. The largest absolute Gasteiger partial charge is 0.377 e. The predicted molar refractivity (Wildman–Crippen MR) is 131 cm³/mol. The van der Waals surface area contributed by atoms with Crippen LogP contribution in [0.1, 0.15) is 45.4 Å². The molecule has 1 N–H and O–H groups in total. The number of hydrogen-bond acceptors (Lipinski definition) is 2. The Morgan fingerprint density at radius 2 is 1.84 bits per heavy atom. The SMILES string of the molecule is CN(Cc1ccccc1)C(=O)c1cccc2c1NC(c1ccc(Cl)cc1Cl)C1CC=CC21. The number of halogens is 2. The van der Waals surface area contributed by atoms with Crippen molar-refractivity contribution in [3.05, 3.63) is 111 Å². The Morgan fingerprint density at radius 3 is 2.62 bits per heavy atom. The molecule has 32 heavy (non-hydrogen) atoms. The molecule has 0 saturated heterocycles. The van der Waals surface area contributed by atoms with Gasteiger partial charge in [-0.15, -0.1) is 0 Å². The minimum Gasteiger partial charge on any atom is -0.377 e. The van der Waals surface area contributed by atoms with Gasteiger partial charge < -0.3 is 10.2 Å². The molecule has 1 aliphatic heterocycles. The number of rotatable bonds is 4. The Hall–Kier alpha value is -2.75. The lowest BCUT2D eigenvalue weighted by molar-refractivity contribution is 0.0785. The number of fused-ring (bicyclic) bond motifs is 3. The van der Waals surface area contributed by atoms with Gasteiger partial charge in [0.1, 0.15) is 0 Å². The second-order valence-electron chi connectivity index (χ2n) is 8.56. The molecule has 1 amide bonds. The van der Waals surface area contributed by atoms with E-state index in [0.717, 1.165) is 23.2 Å². The summed E-state index contributed by atoms with van der Waals surface area (Å²) in [5, 5.41) is 4.97. The zero-order chi connectivity index (χ0) is 22.2. The molecule has 162 valence electrons. The van der Waals surface area contributed by atoms with Gasteiger partial charge in [-0.2, -0.15) is 0 Å². The smallest absolute Gasteiger partial charge is 0.256 e. The monoisotopic (exact) mass is 462 g/mol. The fraction of sp³-hybridized carbons (Fsp3) is 0.222. The summed E-state index contributed by atoms with van der Waals surface area (Å²) in [6, 6.07) is 21.7. The molecule has 3 aromatic carbocycles. The van der Waals surface area contributed by atoms with Crippen LogP contribution in [0.2, 0.25) is 10.0 Å². The van der Waals surface area contributed by atoms with Crippen molar-refractivity contribution < 1.29 is 4.79 Å². The Labute approximate surface area is 198 Å². The third-order valence-electron chi connectivity index (χ3n) is 6.53. The minimum absolute atomic E-state index is 0.000386. The van der Waals surface area contributed by atoms with Gasteiger partial charge in [-0.1, -0.05) is 83.9 Å². The van der Waals surface area contributed by atoms with Crippen molar-refractivity contribution in [2.45, 2.75) is 24.9 Å². The minimum atomic E-state index is -0.000386. The van der Waals surface area contributed by atoms with Crippen LogP contribution >= 0.6 is 23.2 Å². The highest BCUT2D eigenvalue weighted by Gasteiger charge is 2.40. The highest BCUT2D eigenvalue weighted by Crippen LogP contribution is 2.51. The van der Waals surface area contributed by atoms with Gasteiger partial charge in [0.25, 0.3) is 5.91 Å². The first-order valence-corrected chi connectivity index (χ1v) is 11.6. The molecule has 2 aliphatic rings. The lowest BCUT2D eigenvalue weighted by atomic mass is 9.76. The number of carbonyl (C=O) groups is 1. The topological polar surface area (TPSA) is 32.3 Å². The summed E-state index contributed by atoms with van der Waals surface area (Å²) in [6.45, 7) is 0.557. The van der Waals surface area contributed by atoms with Crippen molar-refractivity contribution in [1.29, 1.82) is 0 Å². The van der Waals surface area contributed by atoms with Gasteiger partial charge in [0, 0.05) is 29.6 Å². The van der Waals surface area contributed by atoms with Crippen molar-refractivity contribution in [2.75, 3.05) is 12.4 Å². The second kappa shape index (κ2) is 8.65. The summed E-state index contributed by atoms with van der Waals surface area (Å²) in [6.07, 6.45) is 5.47. The number of benzene rings is 3. The molecule has 0 aromatic heterocycles. The molecule has 1 aliphatic carbocycles. The molecular weight excluding hydrogens is 439 g/mol. The highest BCUT2D eigenvalue weighted by atomic mass is 35.5. The normalized spacial score (nSPS) is 20.9. The van der Waals surface area contributed by atoms with E-state index in [1.165, 1.54) is 5.56 Å². The Morgan fingerprint density at radius 1 is 1.03 bits per heavy atom. The van der Waals surface area contributed by atoms with E-state index >= 15 is 0 Å². The highest BCUT2D eigenvalue weighted by molar-refractivity contribution is 6.35. The average Bonchev–Trinajstić information content (AvgIpc) is 3.29. The number of nitrogens with one attached hydrogen (secondary N) is 1. The number of amides is 1. The summed E-state index contributed by atoms with van der Waals surface area (Å²) < 4.78 is 0. The van der Waals surface area contributed by atoms with Gasteiger partial charge >= 0.3 is 0 Å². The van der Waals surface area contributed by atoms with E-state index in [1.54, 1.807) is 11.0 Å². The van der Waals surface area contributed by atoms with Crippen LogP contribution in [0.3, 0.4) is 0 Å². The lowest BCUT2D eigenvalue weighted by Gasteiger charge is -2.39. The van der Waals surface area contributed by atoms with Crippen molar-refractivity contribution in [2.24, 2.45) is 5.92 Å². The second-order valence-corrected chi connectivity index (χ2v) is 9.40. The van der Waals surface area contributed by atoms with E-state index in [2.05, 4.69) is 23.5 Å². The predicted octanol–water partition coefficient (Wildman–Crippen LogP) is 7.09. The van der Waals surface area contributed by atoms with Crippen LogP contribution in [0.25, 0.3) is 0 Å². The van der Waals surface area contributed by atoms with E-state index in [9.17, 15) is 4.79 Å². The molecule has 0 saturated carbocycles. The summed E-state index contributed by atoms with van der Waals surface area (Å²) in [5.74, 6) is 0.586. The van der Waals surface area contributed by atoms with Gasteiger partial charge in [0.2, 0.25) is 0 Å². The Bertz CT molecular complexity index is 1190. The Kier molecular flexibility index (Phi) is 5.71. The van der Waals surface area contributed by atoms with E-state index in [-0.39, 0.29) is 17.9 Å². The van der Waals surface area contributed by atoms with Gasteiger partial charge in [-0.3, -0.25) is 4.79 Å². The third kappa shape index (κ3) is 3.80. The van der Waals surface area contributed by atoms with Gasteiger partial charge in [0.15, 0.2) is 0 Å². The molecule has 3 nitrogen and oxygen atoms in total. The van der Waals surface area contributed by atoms with Crippen LogP contribution in [0.15, 0.2) is 78.9 Å². The Balaban J connectivity index is 1.52. The molecule has 0 bridgehead atoms. The number of nitrogens with zero attached hydrogens (tertiary/aromatic N) is 1. The molecular formula is C27H24Cl2N2O. The lowest BCUT2D eigenvalue weighted by Crippen LogP contribution is -2.33. The van der Waals surface area contributed by atoms with Crippen LogP contribution in [0.5, 0.6) is 0 Å². The van der Waals surface area contributed by atoms with Crippen LogP contribution in [0, 0.1) is 5.92 Å². The van der Waals surface area contributed by atoms with Crippen LogP contribution < -0.4 is 5.32 Å². The number of carbonyl (C=O) groups excluding carboxylic acids is 1. The first-order chi connectivity index (χ1) is 15.5. The van der Waals surface area contributed by atoms with Crippen molar-refractivity contribution in [3.63, 3.8) is 0 Å². The van der Waals surface area contributed by atoms with Crippen LogP contribution in [-0.4, -0.2) is 17.9 Å². The molecule has 0 fully saturated rings. The summed E-state index contributed by atoms with van der Waals surface area (Å²) in [4.78, 5) is 15.3. The fourth-order valence-corrected chi connectivity index (χ4v) is 5.52. The quantitative estimate of drug-likeness (QED) is 0.419. The van der Waals surface area contributed by atoms with Gasteiger partial charge in [-0.25, -0.2) is 0 Å². The molecule has 5 rings (SSSR count). The zero-order valence-corrected chi connectivity index (χ0v) is 19.3. The standard InChI is InChI=1S/C27H24Cl2N2O/c1-31(16-17-7-3-2-4-8-17)27(32)23-12-6-11-21-19-9-5-10-20(19)25(30-26(21)23)22-14-13-18(28)15-24(22)29/h2-9,11-15,19-20,25,30H,10,16H2,1H3. The average molecular weight is 463 g/mol. The van der Waals surface area contributed by atoms with Crippen molar-refractivity contribution in [1.82, 2.24) is 4.90 Å². The molecule has 0 radical (unpaired) electrons. The van der Waals surface area contributed by atoms with E-state index in [0.29, 0.717) is 28.1 Å². The summed E-state index contributed by atoms with van der Waals surface area (Å²) in [5.41, 5.74) is 4.88. The zero-order valence-electron chi connectivity index (χ0n) is 17.8. The molecule has 3 atom stereocenters. The number of para-hydroxylation sites is 1. The van der Waals surface area contributed by atoms with E-state index in [4.69, 9.17) is 23.2 Å². The van der Waals surface area contributed by atoms with E-state index in [1.807, 2.05) is 61.6 Å². The number of allylic oxidation sites excluding steroid dienone is 2. The molecule has 1 heterocycles. The first-order valence-electron chi connectivity index (χ1n) is 10.8. The van der Waals surface area contributed by atoms with Gasteiger partial charge in [-0.05, 0) is 47.2 Å². The fourth-order valence-electron chi connectivity index (χ4n) is 5.00. The van der Waals surface area contributed by atoms with Crippen molar-refractivity contribution >= 4 is 34.8 Å². The molecule has 3 unspecified atom stereocenters. The van der Waals surface area contributed by atoms with Crippen LogP contribution in [-0.2, 0) is 6.54 Å². The number of anilines is 1. The number of hydrogen-bond donors (Lipinski definition) is 1.